The highest BCUT2D eigenvalue weighted by Crippen LogP contribution is 2.67. The Morgan fingerprint density at radius 1 is 0.733 bits per heavy atom. The molecule has 2 N–H and O–H groups in total. The van der Waals surface area contributed by atoms with Crippen LogP contribution in [0.15, 0.2) is 12.3 Å². The highest BCUT2D eigenvalue weighted by molar-refractivity contribution is 5.08. The summed E-state index contributed by atoms with van der Waals surface area (Å²) in [6.45, 7) is 17.4. The van der Waals surface area contributed by atoms with Gasteiger partial charge in [-0.2, -0.15) is 0 Å². The Labute approximate surface area is 191 Å². The molecule has 0 radical (unpaired) electrons. The molecular weight excluding hydrogens is 362 g/mol. The second kappa shape index (κ2) is 13.2. The van der Waals surface area contributed by atoms with Crippen molar-refractivity contribution in [3.63, 3.8) is 0 Å². The van der Waals surface area contributed by atoms with Gasteiger partial charge in [-0.1, -0.05) is 74.3 Å². The lowest BCUT2D eigenvalue weighted by Crippen LogP contribution is -2.52. The quantitative estimate of drug-likeness (QED) is 0.484. The van der Waals surface area contributed by atoms with Crippen molar-refractivity contribution in [3.8, 4) is 0 Å². The number of nitrogens with two attached hydrogens (primary N) is 1. The average Bonchev–Trinajstić information content (AvgIpc) is 3.14. The van der Waals surface area contributed by atoms with Crippen molar-refractivity contribution in [1.29, 1.82) is 0 Å². The third-order valence-electron chi connectivity index (χ3n) is 9.60. The fourth-order valence-corrected chi connectivity index (χ4v) is 8.27. The summed E-state index contributed by atoms with van der Waals surface area (Å²) in [6, 6.07) is 0. The zero-order valence-electron chi connectivity index (χ0n) is 22.1. The summed E-state index contributed by atoms with van der Waals surface area (Å²) in [7, 11) is 0. The van der Waals surface area contributed by atoms with Gasteiger partial charge in [-0.3, -0.25) is 0 Å². The summed E-state index contributed by atoms with van der Waals surface area (Å²) in [5.74, 6) is 5.15. The Balaban J connectivity index is 0.000000691. The molecule has 178 valence electrons. The molecule has 0 aromatic rings. The number of hydrogen-bond acceptors (Lipinski definition) is 1. The molecule has 0 aromatic heterocycles. The summed E-state index contributed by atoms with van der Waals surface area (Å²) >= 11 is 0. The van der Waals surface area contributed by atoms with E-state index in [2.05, 4.69) is 19.9 Å². The van der Waals surface area contributed by atoms with Crippen LogP contribution >= 0.6 is 0 Å². The molecule has 1 heteroatoms. The van der Waals surface area contributed by atoms with Gasteiger partial charge in [0.15, 0.2) is 0 Å². The van der Waals surface area contributed by atoms with E-state index in [0.29, 0.717) is 10.8 Å². The first-order chi connectivity index (χ1) is 14.6. The Morgan fingerprint density at radius 2 is 1.40 bits per heavy atom. The van der Waals surface area contributed by atoms with Gasteiger partial charge in [0.1, 0.15) is 0 Å². The smallest absolute Gasteiger partial charge is 0.0103 e. The zero-order valence-corrected chi connectivity index (χ0v) is 22.1. The predicted octanol–water partition coefficient (Wildman–Crippen LogP) is 9.37. The van der Waals surface area contributed by atoms with Crippen molar-refractivity contribution in [1.82, 2.24) is 0 Å². The van der Waals surface area contributed by atoms with Gasteiger partial charge in [0, 0.05) is 0 Å². The molecule has 0 heterocycles. The van der Waals surface area contributed by atoms with Crippen LogP contribution in [0.2, 0.25) is 0 Å². The predicted molar refractivity (Wildman–Crippen MR) is 136 cm³/mol. The molecule has 0 spiro atoms. The third-order valence-corrected chi connectivity index (χ3v) is 9.60. The minimum absolute atomic E-state index is 0.640. The number of allylic oxidation sites excluding steroid dienone is 1. The SMILES string of the molecule is CC.CC.CC.CC12CCCCC1CCC1C2CCC2(C)C(CC/C=C/N)CCC12. The first-order valence-corrected chi connectivity index (χ1v) is 14.0. The van der Waals surface area contributed by atoms with Gasteiger partial charge in [0.25, 0.3) is 0 Å². The first kappa shape index (κ1) is 27.6. The molecule has 1 nitrogen and oxygen atoms in total. The van der Waals surface area contributed by atoms with E-state index in [9.17, 15) is 0 Å². The maximum absolute atomic E-state index is 5.56. The van der Waals surface area contributed by atoms with Crippen molar-refractivity contribution in [2.75, 3.05) is 0 Å². The summed E-state index contributed by atoms with van der Waals surface area (Å²) in [4.78, 5) is 0. The molecule has 0 aromatic carbocycles. The Kier molecular flexibility index (Phi) is 12.1. The van der Waals surface area contributed by atoms with Crippen LogP contribution in [0.25, 0.3) is 0 Å². The fraction of sp³-hybridized carbons (Fsp3) is 0.931. The second-order valence-electron chi connectivity index (χ2n) is 10.2. The van der Waals surface area contributed by atoms with Gasteiger partial charge < -0.3 is 5.73 Å². The lowest BCUT2D eigenvalue weighted by Gasteiger charge is -2.60. The minimum atomic E-state index is 0.640. The van der Waals surface area contributed by atoms with Crippen molar-refractivity contribution < 1.29 is 0 Å². The van der Waals surface area contributed by atoms with Crippen molar-refractivity contribution >= 4 is 0 Å². The van der Waals surface area contributed by atoms with Crippen LogP contribution in [-0.4, -0.2) is 0 Å². The first-order valence-electron chi connectivity index (χ1n) is 14.0. The summed E-state index contributed by atoms with van der Waals surface area (Å²) < 4.78 is 0. The molecule has 30 heavy (non-hydrogen) atoms. The van der Waals surface area contributed by atoms with Gasteiger partial charge in [0.05, 0.1) is 0 Å². The highest BCUT2D eigenvalue weighted by atomic mass is 14.6. The van der Waals surface area contributed by atoms with Crippen LogP contribution in [0.4, 0.5) is 0 Å². The van der Waals surface area contributed by atoms with E-state index in [1.165, 1.54) is 64.2 Å². The summed E-state index contributed by atoms with van der Waals surface area (Å²) in [5.41, 5.74) is 6.90. The van der Waals surface area contributed by atoms with E-state index in [1.807, 2.05) is 41.5 Å². The van der Waals surface area contributed by atoms with E-state index >= 15 is 0 Å². The number of hydrogen-bond donors (Lipinski definition) is 1. The van der Waals surface area contributed by atoms with Crippen LogP contribution in [0, 0.1) is 40.4 Å². The fourth-order valence-electron chi connectivity index (χ4n) is 8.27. The normalized spacial score (nSPS) is 41.5. The van der Waals surface area contributed by atoms with E-state index in [0.717, 1.165) is 29.6 Å². The number of fused-ring (bicyclic) bond motifs is 5. The van der Waals surface area contributed by atoms with Gasteiger partial charge >= 0.3 is 0 Å². The largest absolute Gasteiger partial charge is 0.405 e. The standard InChI is InChI=1S/C23H39N.3C2H6/c1-22-14-5-3-7-17(22)9-11-19-20-12-10-18(8-4-6-16-24)23(20,2)15-13-21(19)22;3*1-2/h6,16-21H,3-5,7-15,24H2,1-2H3;3*1-2H3/b16-6+;;;. The van der Waals surface area contributed by atoms with Crippen LogP contribution < -0.4 is 5.73 Å². The van der Waals surface area contributed by atoms with Gasteiger partial charge in [0.2, 0.25) is 0 Å². The molecule has 0 amide bonds. The summed E-state index contributed by atoms with van der Waals surface area (Å²) in [6.07, 6.45) is 21.7. The molecule has 4 aliphatic rings. The molecule has 0 bridgehead atoms. The van der Waals surface area contributed by atoms with Gasteiger partial charge in [-0.05, 0) is 111 Å². The van der Waals surface area contributed by atoms with E-state index in [4.69, 9.17) is 5.73 Å². The van der Waals surface area contributed by atoms with Crippen LogP contribution in [0.3, 0.4) is 0 Å². The minimum Gasteiger partial charge on any atom is -0.405 e. The monoisotopic (exact) mass is 419 g/mol. The molecule has 7 unspecified atom stereocenters. The summed E-state index contributed by atoms with van der Waals surface area (Å²) in [5, 5.41) is 0. The van der Waals surface area contributed by atoms with E-state index in [-0.39, 0.29) is 0 Å². The molecule has 0 saturated heterocycles. The second-order valence-corrected chi connectivity index (χ2v) is 10.2. The molecule has 4 aliphatic carbocycles. The lowest BCUT2D eigenvalue weighted by molar-refractivity contribution is -0.111. The van der Waals surface area contributed by atoms with Crippen LogP contribution in [0.1, 0.15) is 132 Å². The topological polar surface area (TPSA) is 26.0 Å². The maximum atomic E-state index is 5.56. The van der Waals surface area contributed by atoms with Gasteiger partial charge in [-0.15, -0.1) is 0 Å². The average molecular weight is 420 g/mol. The van der Waals surface area contributed by atoms with Crippen LogP contribution in [0.5, 0.6) is 0 Å². The molecule has 7 atom stereocenters. The third kappa shape index (κ3) is 5.29. The van der Waals surface area contributed by atoms with Gasteiger partial charge in [-0.25, -0.2) is 0 Å². The van der Waals surface area contributed by atoms with Crippen LogP contribution in [-0.2, 0) is 0 Å². The van der Waals surface area contributed by atoms with Crippen molar-refractivity contribution in [3.05, 3.63) is 12.3 Å². The highest BCUT2D eigenvalue weighted by Gasteiger charge is 2.59. The van der Waals surface area contributed by atoms with Crippen molar-refractivity contribution in [2.24, 2.45) is 46.2 Å². The lowest BCUT2D eigenvalue weighted by atomic mass is 9.45. The van der Waals surface area contributed by atoms with E-state index in [1.54, 1.807) is 19.0 Å². The number of rotatable bonds is 3. The van der Waals surface area contributed by atoms with E-state index < -0.39 is 0 Å². The molecule has 0 aliphatic heterocycles. The molecule has 4 fully saturated rings. The zero-order chi connectivity index (χ0) is 22.8. The molecule has 4 saturated carbocycles. The van der Waals surface area contributed by atoms with Crippen molar-refractivity contribution in [2.45, 2.75) is 132 Å². The Bertz CT molecular complexity index is 483. The molecule has 4 rings (SSSR count). The Morgan fingerprint density at radius 3 is 2.07 bits per heavy atom. The maximum Gasteiger partial charge on any atom is -0.0103 e. The Hall–Kier alpha value is -0.460. The molecular formula is C29H57N.